The van der Waals surface area contributed by atoms with Gasteiger partial charge in [-0.3, -0.25) is 14.2 Å². The molecular weight excluding hydrogens is 306 g/mol. The molecule has 6 nitrogen and oxygen atoms in total. The third-order valence-electron chi connectivity index (χ3n) is 4.42. The summed E-state index contributed by atoms with van der Waals surface area (Å²) in [6.45, 7) is 1.90. The molecule has 24 heavy (non-hydrogen) atoms. The summed E-state index contributed by atoms with van der Waals surface area (Å²) in [7, 11) is 0. The highest BCUT2D eigenvalue weighted by molar-refractivity contribution is 5.66. The minimum atomic E-state index is -1.05. The summed E-state index contributed by atoms with van der Waals surface area (Å²) < 4.78 is 1.22. The number of aliphatic carboxylic acids is 1. The summed E-state index contributed by atoms with van der Waals surface area (Å²) in [6, 6.07) is 6.58. The summed E-state index contributed by atoms with van der Waals surface area (Å²) in [6.07, 6.45) is 5.86. The van der Waals surface area contributed by atoms with Gasteiger partial charge >= 0.3 is 5.97 Å². The van der Waals surface area contributed by atoms with Crippen LogP contribution in [0, 0.1) is 6.92 Å². The maximum absolute atomic E-state index is 12.3. The molecule has 2 aromatic rings. The highest BCUT2D eigenvalue weighted by atomic mass is 16.4. The predicted molar refractivity (Wildman–Crippen MR) is 91.5 cm³/mol. The van der Waals surface area contributed by atoms with Gasteiger partial charge in [0.25, 0.3) is 5.56 Å². The highest BCUT2D eigenvalue weighted by Crippen LogP contribution is 2.22. The number of aryl methyl sites for hydroxylation is 3. The lowest BCUT2D eigenvalue weighted by Crippen LogP contribution is -2.29. The molecule has 0 fully saturated rings. The van der Waals surface area contributed by atoms with Crippen molar-refractivity contribution in [2.75, 3.05) is 11.9 Å². The molecule has 0 radical (unpaired) electrons. The van der Waals surface area contributed by atoms with Crippen molar-refractivity contribution in [3.8, 4) is 0 Å². The number of nitrogens with one attached hydrogen (secondary N) is 1. The second kappa shape index (κ2) is 6.86. The minimum absolute atomic E-state index is 0.197. The fourth-order valence-corrected chi connectivity index (χ4v) is 3.13. The van der Waals surface area contributed by atoms with Crippen molar-refractivity contribution in [2.45, 2.75) is 39.2 Å². The second-order valence-corrected chi connectivity index (χ2v) is 6.17. The molecule has 126 valence electrons. The molecule has 0 saturated carbocycles. The van der Waals surface area contributed by atoms with E-state index in [1.807, 2.05) is 0 Å². The van der Waals surface area contributed by atoms with E-state index in [0.29, 0.717) is 12.2 Å². The Bertz CT molecular complexity index is 827. The number of carboxylic acids is 1. The molecule has 3 rings (SSSR count). The van der Waals surface area contributed by atoms with Gasteiger partial charge in [0.05, 0.1) is 0 Å². The van der Waals surface area contributed by atoms with Crippen LogP contribution >= 0.6 is 0 Å². The monoisotopic (exact) mass is 327 g/mol. The SMILES string of the molecule is Cc1cnc(NCCc2ccc3c(c2)CCC3)c(=O)n1CC(=O)O. The number of carbonyl (C=O) groups is 1. The van der Waals surface area contributed by atoms with Gasteiger partial charge in [-0.25, -0.2) is 4.98 Å². The summed E-state index contributed by atoms with van der Waals surface area (Å²) in [5.41, 5.74) is 4.26. The largest absolute Gasteiger partial charge is 0.480 e. The fourth-order valence-electron chi connectivity index (χ4n) is 3.13. The molecule has 1 aromatic heterocycles. The average molecular weight is 327 g/mol. The molecule has 0 spiro atoms. The topological polar surface area (TPSA) is 84.2 Å². The first-order valence-corrected chi connectivity index (χ1v) is 8.17. The van der Waals surface area contributed by atoms with Crippen molar-refractivity contribution in [2.24, 2.45) is 0 Å². The molecule has 6 heteroatoms. The van der Waals surface area contributed by atoms with Crippen LogP contribution in [-0.4, -0.2) is 27.2 Å². The molecular formula is C18H21N3O3. The van der Waals surface area contributed by atoms with Gasteiger partial charge in [-0.05, 0) is 49.3 Å². The third kappa shape index (κ3) is 3.48. The molecule has 0 amide bonds. The van der Waals surface area contributed by atoms with E-state index in [9.17, 15) is 9.59 Å². The zero-order valence-electron chi connectivity index (χ0n) is 13.7. The first-order chi connectivity index (χ1) is 11.5. The lowest BCUT2D eigenvalue weighted by atomic mass is 10.0. The van der Waals surface area contributed by atoms with E-state index in [4.69, 9.17) is 5.11 Å². The number of rotatable bonds is 6. The van der Waals surface area contributed by atoms with Crippen LogP contribution in [0.3, 0.4) is 0 Å². The van der Waals surface area contributed by atoms with Crippen molar-refractivity contribution in [3.63, 3.8) is 0 Å². The minimum Gasteiger partial charge on any atom is -0.480 e. The van der Waals surface area contributed by atoms with Crippen LogP contribution in [0.5, 0.6) is 0 Å². The Labute approximate surface area is 140 Å². The molecule has 2 N–H and O–H groups in total. The summed E-state index contributed by atoms with van der Waals surface area (Å²) >= 11 is 0. The number of aromatic nitrogens is 2. The molecule has 1 heterocycles. The second-order valence-electron chi connectivity index (χ2n) is 6.17. The molecule has 1 aliphatic carbocycles. The Morgan fingerprint density at radius 1 is 1.33 bits per heavy atom. The van der Waals surface area contributed by atoms with Gasteiger partial charge in [0.15, 0.2) is 5.82 Å². The lowest BCUT2D eigenvalue weighted by molar-refractivity contribution is -0.137. The predicted octanol–water partition coefficient (Wildman–Crippen LogP) is 1.78. The van der Waals surface area contributed by atoms with Crippen LogP contribution in [-0.2, 0) is 30.6 Å². The average Bonchev–Trinajstić information content (AvgIpc) is 3.01. The summed E-state index contributed by atoms with van der Waals surface area (Å²) in [4.78, 5) is 27.3. The third-order valence-corrected chi connectivity index (χ3v) is 4.42. The molecule has 0 atom stereocenters. The van der Waals surface area contributed by atoms with Crippen LogP contribution in [0.15, 0.2) is 29.2 Å². The zero-order valence-corrected chi connectivity index (χ0v) is 13.7. The molecule has 0 bridgehead atoms. The van der Waals surface area contributed by atoms with Crippen LogP contribution in [0.4, 0.5) is 5.82 Å². The maximum atomic E-state index is 12.3. The lowest BCUT2D eigenvalue weighted by Gasteiger charge is -2.11. The van der Waals surface area contributed by atoms with Gasteiger partial charge in [0, 0.05) is 18.4 Å². The van der Waals surface area contributed by atoms with Crippen molar-refractivity contribution in [1.82, 2.24) is 9.55 Å². The standard InChI is InChI=1S/C18H21N3O3/c1-12-10-20-17(18(24)21(12)11-16(22)23)19-8-7-13-5-6-14-3-2-4-15(14)9-13/h5-6,9-10H,2-4,7-8,11H2,1H3,(H,19,20)(H,22,23). The number of benzene rings is 1. The van der Waals surface area contributed by atoms with Crippen molar-refractivity contribution >= 4 is 11.8 Å². The molecule has 1 aromatic carbocycles. The normalized spacial score (nSPS) is 12.9. The smallest absolute Gasteiger partial charge is 0.323 e. The number of hydrogen-bond acceptors (Lipinski definition) is 4. The van der Waals surface area contributed by atoms with Crippen LogP contribution < -0.4 is 10.9 Å². The number of anilines is 1. The van der Waals surface area contributed by atoms with Gasteiger partial charge < -0.3 is 10.4 Å². The fraction of sp³-hybridized carbons (Fsp3) is 0.389. The van der Waals surface area contributed by atoms with Crippen molar-refractivity contribution in [3.05, 3.63) is 57.1 Å². The van der Waals surface area contributed by atoms with Crippen molar-refractivity contribution < 1.29 is 9.90 Å². The number of fused-ring (bicyclic) bond motifs is 1. The van der Waals surface area contributed by atoms with Gasteiger partial charge in [-0.2, -0.15) is 0 Å². The van der Waals surface area contributed by atoms with Gasteiger partial charge in [0.1, 0.15) is 6.54 Å². The van der Waals surface area contributed by atoms with Crippen molar-refractivity contribution in [1.29, 1.82) is 0 Å². The van der Waals surface area contributed by atoms with Gasteiger partial charge in [-0.15, -0.1) is 0 Å². The van der Waals surface area contributed by atoms with E-state index in [1.54, 1.807) is 6.92 Å². The van der Waals surface area contributed by atoms with Gasteiger partial charge in [-0.1, -0.05) is 18.2 Å². The Kier molecular flexibility index (Phi) is 4.64. The Morgan fingerprint density at radius 3 is 2.92 bits per heavy atom. The summed E-state index contributed by atoms with van der Waals surface area (Å²) in [5.74, 6) is -0.849. The van der Waals surface area contributed by atoms with E-state index in [1.165, 1.54) is 40.3 Å². The van der Waals surface area contributed by atoms with Crippen LogP contribution in [0.1, 0.15) is 28.8 Å². The first-order valence-electron chi connectivity index (χ1n) is 8.17. The Balaban J connectivity index is 1.66. The van der Waals surface area contributed by atoms with Crippen LogP contribution in [0.2, 0.25) is 0 Å². The van der Waals surface area contributed by atoms with E-state index in [-0.39, 0.29) is 12.4 Å². The van der Waals surface area contributed by atoms with E-state index in [0.717, 1.165) is 12.8 Å². The zero-order chi connectivity index (χ0) is 17.1. The first kappa shape index (κ1) is 16.2. The Morgan fingerprint density at radius 2 is 2.12 bits per heavy atom. The number of hydrogen-bond donors (Lipinski definition) is 2. The number of nitrogens with zero attached hydrogens (tertiary/aromatic N) is 2. The van der Waals surface area contributed by atoms with Crippen LogP contribution in [0.25, 0.3) is 0 Å². The van der Waals surface area contributed by atoms with Gasteiger partial charge in [0.2, 0.25) is 0 Å². The van der Waals surface area contributed by atoms with E-state index in [2.05, 4.69) is 28.5 Å². The van der Waals surface area contributed by atoms with E-state index >= 15 is 0 Å². The summed E-state index contributed by atoms with van der Waals surface area (Å²) in [5, 5.41) is 11.9. The maximum Gasteiger partial charge on any atom is 0.323 e. The molecule has 0 aliphatic heterocycles. The molecule has 0 saturated heterocycles. The Hall–Kier alpha value is -2.63. The number of carboxylic acid groups (broad SMARTS) is 1. The molecule has 1 aliphatic rings. The molecule has 0 unspecified atom stereocenters. The van der Waals surface area contributed by atoms with E-state index < -0.39 is 11.5 Å². The highest BCUT2D eigenvalue weighted by Gasteiger charge is 2.12. The quantitative estimate of drug-likeness (QED) is 0.845.